The predicted octanol–water partition coefficient (Wildman–Crippen LogP) is 2.38. The highest BCUT2D eigenvalue weighted by Gasteiger charge is 2.40. The van der Waals surface area contributed by atoms with Gasteiger partial charge in [-0.3, -0.25) is 9.59 Å². The number of carbonyl (C=O) groups is 2. The number of benzene rings is 1. The molecule has 0 spiro atoms. The smallest absolute Gasteiger partial charge is 0.305 e. The fourth-order valence-electron chi connectivity index (χ4n) is 2.41. The van der Waals surface area contributed by atoms with Crippen LogP contribution in [0.5, 0.6) is 5.75 Å². The van der Waals surface area contributed by atoms with Gasteiger partial charge in [-0.25, -0.2) is 0 Å². The van der Waals surface area contributed by atoms with Gasteiger partial charge in [0.2, 0.25) is 0 Å². The first kappa shape index (κ1) is 15.1. The summed E-state index contributed by atoms with van der Waals surface area (Å²) in [5, 5.41) is 11.8. The van der Waals surface area contributed by atoms with Gasteiger partial charge in [0, 0.05) is 5.56 Å². The Kier molecular flexibility index (Phi) is 4.62. The second-order valence-electron chi connectivity index (χ2n) is 5.28. The van der Waals surface area contributed by atoms with Crippen molar-refractivity contribution in [2.45, 2.75) is 31.2 Å². The number of nitrogens with one attached hydrogen (secondary N) is 1. The maximum absolute atomic E-state index is 12.2. The average Bonchev–Trinajstić information content (AvgIpc) is 2.42. The molecule has 1 saturated carbocycles. The van der Waals surface area contributed by atoms with E-state index in [9.17, 15) is 9.59 Å². The molecule has 5 heteroatoms. The third-order valence-electron chi connectivity index (χ3n) is 3.66. The summed E-state index contributed by atoms with van der Waals surface area (Å²) in [5.41, 5.74) is -0.0846. The Morgan fingerprint density at radius 3 is 2.48 bits per heavy atom. The van der Waals surface area contributed by atoms with Crippen LogP contribution in [0.15, 0.2) is 36.9 Å². The van der Waals surface area contributed by atoms with E-state index in [0.29, 0.717) is 30.8 Å². The molecule has 2 rings (SSSR count). The molecule has 1 aliphatic rings. The lowest BCUT2D eigenvalue weighted by Crippen LogP contribution is -2.54. The Labute approximate surface area is 123 Å². The number of ether oxygens (including phenoxy) is 1. The first-order valence-electron chi connectivity index (χ1n) is 6.93. The summed E-state index contributed by atoms with van der Waals surface area (Å²) in [6.07, 6.45) is 3.99. The number of carboxylic acids is 1. The van der Waals surface area contributed by atoms with Crippen LogP contribution in [0.3, 0.4) is 0 Å². The van der Waals surface area contributed by atoms with E-state index in [2.05, 4.69) is 11.9 Å². The number of carbonyl (C=O) groups excluding carboxylic acids is 1. The van der Waals surface area contributed by atoms with Crippen molar-refractivity contribution in [2.75, 3.05) is 6.61 Å². The van der Waals surface area contributed by atoms with E-state index in [4.69, 9.17) is 9.84 Å². The second-order valence-corrected chi connectivity index (χ2v) is 5.28. The van der Waals surface area contributed by atoms with Crippen molar-refractivity contribution in [1.29, 1.82) is 0 Å². The lowest BCUT2D eigenvalue weighted by molar-refractivity contribution is -0.139. The molecule has 21 heavy (non-hydrogen) atoms. The molecule has 0 aromatic heterocycles. The van der Waals surface area contributed by atoms with Crippen molar-refractivity contribution in [2.24, 2.45) is 0 Å². The van der Waals surface area contributed by atoms with E-state index in [1.54, 1.807) is 30.3 Å². The molecule has 0 aliphatic heterocycles. The molecular formula is C16H19NO4. The standard InChI is InChI=1S/C16H19NO4/c1-2-10-21-13-6-4-12(5-7-13)15(20)17-16(8-3-9-16)11-14(18)19/h2,4-7H,1,3,8-11H2,(H,17,20)(H,18,19). The van der Waals surface area contributed by atoms with Gasteiger partial charge in [-0.2, -0.15) is 0 Å². The zero-order valence-electron chi connectivity index (χ0n) is 11.8. The summed E-state index contributed by atoms with van der Waals surface area (Å²) < 4.78 is 5.35. The molecule has 0 radical (unpaired) electrons. The van der Waals surface area contributed by atoms with Crippen LogP contribution in [0.1, 0.15) is 36.0 Å². The Hall–Kier alpha value is -2.30. The third kappa shape index (κ3) is 3.84. The Balaban J connectivity index is 1.99. The van der Waals surface area contributed by atoms with Gasteiger partial charge in [-0.1, -0.05) is 12.7 Å². The van der Waals surface area contributed by atoms with Gasteiger partial charge in [-0.15, -0.1) is 0 Å². The first-order chi connectivity index (χ1) is 10.0. The lowest BCUT2D eigenvalue weighted by Gasteiger charge is -2.41. The molecule has 1 aromatic carbocycles. The molecule has 2 N–H and O–H groups in total. The van der Waals surface area contributed by atoms with Crippen molar-refractivity contribution >= 4 is 11.9 Å². The van der Waals surface area contributed by atoms with Crippen LogP contribution in [0.25, 0.3) is 0 Å². The van der Waals surface area contributed by atoms with Gasteiger partial charge in [-0.05, 0) is 43.5 Å². The van der Waals surface area contributed by atoms with Gasteiger partial charge < -0.3 is 15.2 Å². The van der Waals surface area contributed by atoms with Crippen LogP contribution in [-0.2, 0) is 4.79 Å². The van der Waals surface area contributed by atoms with E-state index >= 15 is 0 Å². The van der Waals surface area contributed by atoms with E-state index in [-0.39, 0.29) is 12.3 Å². The summed E-state index contributed by atoms with van der Waals surface area (Å²) in [6.45, 7) is 3.97. The van der Waals surface area contributed by atoms with Gasteiger partial charge >= 0.3 is 5.97 Å². The van der Waals surface area contributed by atoms with Gasteiger partial charge in [0.25, 0.3) is 5.91 Å². The van der Waals surface area contributed by atoms with Crippen LogP contribution >= 0.6 is 0 Å². The highest BCUT2D eigenvalue weighted by atomic mass is 16.5. The van der Waals surface area contributed by atoms with Gasteiger partial charge in [0.15, 0.2) is 0 Å². The third-order valence-corrected chi connectivity index (χ3v) is 3.66. The number of aliphatic carboxylic acids is 1. The summed E-state index contributed by atoms with van der Waals surface area (Å²) in [6, 6.07) is 6.76. The zero-order valence-corrected chi connectivity index (χ0v) is 11.8. The number of hydrogen-bond donors (Lipinski definition) is 2. The molecule has 1 fully saturated rings. The molecule has 0 bridgehead atoms. The molecule has 1 amide bonds. The van der Waals surface area contributed by atoms with Crippen molar-refractivity contribution < 1.29 is 19.4 Å². The van der Waals surface area contributed by atoms with E-state index in [1.165, 1.54) is 0 Å². The molecule has 112 valence electrons. The molecule has 0 unspecified atom stereocenters. The summed E-state index contributed by atoms with van der Waals surface area (Å²) in [4.78, 5) is 23.1. The van der Waals surface area contributed by atoms with Crippen LogP contribution in [0.4, 0.5) is 0 Å². The zero-order chi connectivity index (χ0) is 15.3. The molecule has 1 aliphatic carbocycles. The highest BCUT2D eigenvalue weighted by Crippen LogP contribution is 2.35. The Morgan fingerprint density at radius 2 is 2.00 bits per heavy atom. The average molecular weight is 289 g/mol. The largest absolute Gasteiger partial charge is 0.490 e. The van der Waals surface area contributed by atoms with E-state index < -0.39 is 11.5 Å². The number of hydrogen-bond acceptors (Lipinski definition) is 3. The molecule has 5 nitrogen and oxygen atoms in total. The second kappa shape index (κ2) is 6.43. The van der Waals surface area contributed by atoms with Crippen LogP contribution in [0.2, 0.25) is 0 Å². The Bertz CT molecular complexity index is 532. The van der Waals surface area contributed by atoms with Crippen molar-refractivity contribution in [3.8, 4) is 5.75 Å². The number of rotatable bonds is 7. The predicted molar refractivity (Wildman–Crippen MR) is 78.4 cm³/mol. The summed E-state index contributed by atoms with van der Waals surface area (Å²) in [5.74, 6) is -0.468. The topological polar surface area (TPSA) is 75.6 Å². The lowest BCUT2D eigenvalue weighted by atomic mass is 9.74. The van der Waals surface area contributed by atoms with E-state index in [1.807, 2.05) is 0 Å². The monoisotopic (exact) mass is 289 g/mol. The molecule has 0 saturated heterocycles. The number of amides is 1. The minimum absolute atomic E-state index is 0.0285. The minimum atomic E-state index is -0.886. The van der Waals surface area contributed by atoms with Crippen molar-refractivity contribution in [1.82, 2.24) is 5.32 Å². The maximum Gasteiger partial charge on any atom is 0.305 e. The fraction of sp³-hybridized carbons (Fsp3) is 0.375. The normalized spacial score (nSPS) is 15.6. The molecular weight excluding hydrogens is 270 g/mol. The SMILES string of the molecule is C=CCOc1ccc(C(=O)NC2(CC(=O)O)CCC2)cc1. The summed E-state index contributed by atoms with van der Waals surface area (Å²) in [7, 11) is 0. The van der Waals surface area contributed by atoms with Crippen LogP contribution in [-0.4, -0.2) is 29.1 Å². The van der Waals surface area contributed by atoms with Gasteiger partial charge in [0.05, 0.1) is 12.0 Å². The minimum Gasteiger partial charge on any atom is -0.490 e. The summed E-state index contributed by atoms with van der Waals surface area (Å²) >= 11 is 0. The van der Waals surface area contributed by atoms with Gasteiger partial charge in [0.1, 0.15) is 12.4 Å². The quantitative estimate of drug-likeness (QED) is 0.756. The first-order valence-corrected chi connectivity index (χ1v) is 6.93. The van der Waals surface area contributed by atoms with Crippen LogP contribution < -0.4 is 10.1 Å². The molecule has 0 atom stereocenters. The fourth-order valence-corrected chi connectivity index (χ4v) is 2.41. The maximum atomic E-state index is 12.2. The molecule has 1 aromatic rings. The molecule has 0 heterocycles. The van der Waals surface area contributed by atoms with Crippen LogP contribution in [0, 0.1) is 0 Å². The highest BCUT2D eigenvalue weighted by molar-refractivity contribution is 5.95. The number of carboxylic acid groups (broad SMARTS) is 1. The van der Waals surface area contributed by atoms with E-state index in [0.717, 1.165) is 6.42 Å². The van der Waals surface area contributed by atoms with Crippen molar-refractivity contribution in [3.05, 3.63) is 42.5 Å². The Morgan fingerprint density at radius 1 is 1.33 bits per heavy atom. The van der Waals surface area contributed by atoms with Crippen molar-refractivity contribution in [3.63, 3.8) is 0 Å².